The molecule has 1 aliphatic carbocycles. The number of carbonyl (C=O) groups excluding carboxylic acids is 2. The van der Waals surface area contributed by atoms with Crippen molar-refractivity contribution in [2.24, 2.45) is 0 Å². The molecular weight excluding hydrogens is 597 g/mol. The topological polar surface area (TPSA) is 96.0 Å². The Morgan fingerprint density at radius 2 is 1.67 bits per heavy atom. The molecular formula is C31H35Cl2N3O5S. The molecule has 1 aliphatic rings. The molecule has 2 amide bonds. The third kappa shape index (κ3) is 7.38. The number of para-hydroxylation sites is 2. The minimum atomic E-state index is -4.22. The SMILES string of the molecule is COc1ccccc1N(CC(=O)N(Cc1ccc(Cl)c(Cl)c1)[C@@H](C)C(=O)NC1CCCC1)S(=O)(=O)c1ccc(C)cc1. The van der Waals surface area contributed by atoms with Crippen molar-refractivity contribution < 1.29 is 22.7 Å². The van der Waals surface area contributed by atoms with E-state index in [2.05, 4.69) is 5.32 Å². The summed E-state index contributed by atoms with van der Waals surface area (Å²) in [4.78, 5) is 28.9. The number of methoxy groups -OCH3 is 1. The van der Waals surface area contributed by atoms with Gasteiger partial charge in [-0.3, -0.25) is 13.9 Å². The highest BCUT2D eigenvalue weighted by Crippen LogP contribution is 2.33. The smallest absolute Gasteiger partial charge is 0.264 e. The molecule has 0 heterocycles. The van der Waals surface area contributed by atoms with Crippen LogP contribution in [0.3, 0.4) is 0 Å². The van der Waals surface area contributed by atoms with Crippen molar-refractivity contribution in [3.8, 4) is 5.75 Å². The van der Waals surface area contributed by atoms with Crippen LogP contribution in [-0.4, -0.2) is 50.9 Å². The van der Waals surface area contributed by atoms with Gasteiger partial charge in [-0.05, 0) is 68.7 Å². The van der Waals surface area contributed by atoms with Gasteiger partial charge in [0, 0.05) is 12.6 Å². The number of rotatable bonds is 11. The zero-order valence-electron chi connectivity index (χ0n) is 23.8. The quantitative estimate of drug-likeness (QED) is 0.281. The number of amides is 2. The van der Waals surface area contributed by atoms with Gasteiger partial charge in [-0.1, -0.05) is 71.9 Å². The number of aryl methyl sites for hydroxylation is 1. The Morgan fingerprint density at radius 3 is 2.31 bits per heavy atom. The molecule has 42 heavy (non-hydrogen) atoms. The summed E-state index contributed by atoms with van der Waals surface area (Å²) in [6.07, 6.45) is 3.84. The first-order chi connectivity index (χ1) is 20.0. The lowest BCUT2D eigenvalue weighted by molar-refractivity contribution is -0.139. The fraction of sp³-hybridized carbons (Fsp3) is 0.355. The normalized spacial score (nSPS) is 14.3. The second-order valence-electron chi connectivity index (χ2n) is 10.4. The average Bonchev–Trinajstić information content (AvgIpc) is 3.49. The van der Waals surface area contributed by atoms with Gasteiger partial charge in [0.2, 0.25) is 11.8 Å². The Kier molecular flexibility index (Phi) is 10.4. The molecule has 0 unspecified atom stereocenters. The molecule has 1 N–H and O–H groups in total. The molecule has 1 fully saturated rings. The van der Waals surface area contributed by atoms with E-state index in [1.54, 1.807) is 61.5 Å². The summed E-state index contributed by atoms with van der Waals surface area (Å²) < 4.78 is 34.6. The molecule has 0 aromatic heterocycles. The van der Waals surface area contributed by atoms with Crippen molar-refractivity contribution in [3.05, 3.63) is 87.9 Å². The molecule has 3 aromatic carbocycles. The van der Waals surface area contributed by atoms with E-state index in [0.29, 0.717) is 15.6 Å². The second-order valence-corrected chi connectivity index (χ2v) is 13.1. The van der Waals surface area contributed by atoms with Crippen LogP contribution in [0.2, 0.25) is 10.0 Å². The lowest BCUT2D eigenvalue weighted by atomic mass is 10.1. The van der Waals surface area contributed by atoms with Crippen LogP contribution in [0.15, 0.2) is 71.6 Å². The fourth-order valence-electron chi connectivity index (χ4n) is 5.00. The first-order valence-corrected chi connectivity index (χ1v) is 16.0. The number of hydrogen-bond donors (Lipinski definition) is 1. The molecule has 0 spiro atoms. The molecule has 224 valence electrons. The number of nitrogens with one attached hydrogen (secondary N) is 1. The van der Waals surface area contributed by atoms with Crippen LogP contribution < -0.4 is 14.4 Å². The first kappa shape index (κ1) is 31.7. The molecule has 11 heteroatoms. The van der Waals surface area contributed by atoms with Gasteiger partial charge in [-0.25, -0.2) is 8.42 Å². The zero-order chi connectivity index (χ0) is 30.4. The van der Waals surface area contributed by atoms with Crippen LogP contribution in [-0.2, 0) is 26.2 Å². The number of anilines is 1. The number of halogens is 2. The number of carbonyl (C=O) groups is 2. The molecule has 1 saturated carbocycles. The molecule has 3 aromatic rings. The van der Waals surface area contributed by atoms with Crippen molar-refractivity contribution in [2.45, 2.75) is 63.1 Å². The van der Waals surface area contributed by atoms with Crippen molar-refractivity contribution in [3.63, 3.8) is 0 Å². The van der Waals surface area contributed by atoms with Crippen LogP contribution in [0, 0.1) is 6.92 Å². The van der Waals surface area contributed by atoms with Crippen LogP contribution in [0.1, 0.15) is 43.7 Å². The first-order valence-electron chi connectivity index (χ1n) is 13.8. The van der Waals surface area contributed by atoms with Gasteiger partial charge in [0.05, 0.1) is 27.7 Å². The van der Waals surface area contributed by atoms with E-state index >= 15 is 0 Å². The van der Waals surface area contributed by atoms with E-state index < -0.39 is 28.5 Å². The summed E-state index contributed by atoms with van der Waals surface area (Å²) >= 11 is 12.4. The van der Waals surface area contributed by atoms with Gasteiger partial charge in [0.25, 0.3) is 10.0 Å². The Hall–Kier alpha value is -3.27. The van der Waals surface area contributed by atoms with Crippen LogP contribution in [0.4, 0.5) is 5.69 Å². The minimum absolute atomic E-state index is 0.0132. The van der Waals surface area contributed by atoms with E-state index in [9.17, 15) is 18.0 Å². The summed E-state index contributed by atoms with van der Waals surface area (Å²) in [6.45, 7) is 2.94. The standard InChI is InChI=1S/C31H35Cl2N3O5S/c1-21-12-15-25(16-13-21)42(39,40)36(28-10-6-7-11-29(28)41-3)20-30(37)35(19-23-14-17-26(32)27(33)18-23)22(2)31(38)34-24-8-4-5-9-24/h6-7,10-18,22,24H,4-5,8-9,19-20H2,1-3H3,(H,34,38)/t22-/m0/s1. The number of benzene rings is 3. The van der Waals surface area contributed by atoms with Crippen molar-refractivity contribution in [1.82, 2.24) is 10.2 Å². The third-order valence-electron chi connectivity index (χ3n) is 7.45. The predicted octanol–water partition coefficient (Wildman–Crippen LogP) is 5.98. The van der Waals surface area contributed by atoms with Gasteiger partial charge in [-0.2, -0.15) is 0 Å². The van der Waals surface area contributed by atoms with E-state index in [-0.39, 0.29) is 34.8 Å². The van der Waals surface area contributed by atoms with Crippen molar-refractivity contribution >= 4 is 50.7 Å². The summed E-state index contributed by atoms with van der Waals surface area (Å²) in [7, 11) is -2.78. The molecule has 8 nitrogen and oxygen atoms in total. The monoisotopic (exact) mass is 631 g/mol. The van der Waals surface area contributed by atoms with Gasteiger partial charge < -0.3 is 15.0 Å². The highest BCUT2D eigenvalue weighted by atomic mass is 35.5. The third-order valence-corrected chi connectivity index (χ3v) is 9.96. The second kappa shape index (κ2) is 13.8. The van der Waals surface area contributed by atoms with Crippen LogP contribution in [0.5, 0.6) is 5.75 Å². The van der Waals surface area contributed by atoms with Gasteiger partial charge >= 0.3 is 0 Å². The van der Waals surface area contributed by atoms with Crippen molar-refractivity contribution in [2.75, 3.05) is 18.0 Å². The summed E-state index contributed by atoms with van der Waals surface area (Å²) in [5.74, 6) is -0.596. The predicted molar refractivity (Wildman–Crippen MR) is 166 cm³/mol. The van der Waals surface area contributed by atoms with Crippen LogP contribution >= 0.6 is 23.2 Å². The Balaban J connectivity index is 1.72. The Labute approximate surface area is 257 Å². The van der Waals surface area contributed by atoms with Gasteiger partial charge in [-0.15, -0.1) is 0 Å². The van der Waals surface area contributed by atoms with E-state index in [1.807, 2.05) is 6.92 Å². The summed E-state index contributed by atoms with van der Waals surface area (Å²) in [5, 5.41) is 3.72. The molecule has 0 saturated heterocycles. The van der Waals surface area contributed by atoms with Gasteiger partial charge in [0.1, 0.15) is 18.3 Å². The summed E-state index contributed by atoms with van der Waals surface area (Å²) in [5.41, 5.74) is 1.73. The maximum Gasteiger partial charge on any atom is 0.264 e. The minimum Gasteiger partial charge on any atom is -0.495 e. The zero-order valence-corrected chi connectivity index (χ0v) is 26.2. The molecule has 4 rings (SSSR count). The highest BCUT2D eigenvalue weighted by molar-refractivity contribution is 7.92. The maximum absolute atomic E-state index is 14.1. The molecule has 0 radical (unpaired) electrons. The largest absolute Gasteiger partial charge is 0.495 e. The Morgan fingerprint density at radius 1 is 1.00 bits per heavy atom. The van der Waals surface area contributed by atoms with Crippen LogP contribution in [0.25, 0.3) is 0 Å². The molecule has 1 atom stereocenters. The maximum atomic E-state index is 14.1. The summed E-state index contributed by atoms with van der Waals surface area (Å²) in [6, 6.07) is 17.1. The lowest BCUT2D eigenvalue weighted by Gasteiger charge is -2.33. The number of nitrogens with zero attached hydrogens (tertiary/aromatic N) is 2. The van der Waals surface area contributed by atoms with Gasteiger partial charge in [0.15, 0.2) is 0 Å². The molecule has 0 aliphatic heterocycles. The number of hydrogen-bond acceptors (Lipinski definition) is 5. The Bertz CT molecular complexity index is 1530. The number of sulfonamides is 1. The highest BCUT2D eigenvalue weighted by Gasteiger charge is 2.34. The number of ether oxygens (including phenoxy) is 1. The fourth-order valence-corrected chi connectivity index (χ4v) is 6.74. The molecule has 0 bridgehead atoms. The van der Waals surface area contributed by atoms with E-state index in [0.717, 1.165) is 35.6 Å². The van der Waals surface area contributed by atoms with E-state index in [1.165, 1.54) is 24.1 Å². The lowest BCUT2D eigenvalue weighted by Crippen LogP contribution is -2.52. The van der Waals surface area contributed by atoms with Crippen molar-refractivity contribution in [1.29, 1.82) is 0 Å². The van der Waals surface area contributed by atoms with E-state index in [4.69, 9.17) is 27.9 Å². The average molecular weight is 633 g/mol.